The Morgan fingerprint density at radius 1 is 1.15 bits per heavy atom. The van der Waals surface area contributed by atoms with Crippen LogP contribution in [0.25, 0.3) is 0 Å². The topological polar surface area (TPSA) is 65.1 Å². The Morgan fingerprint density at radius 2 is 1.92 bits per heavy atom. The summed E-state index contributed by atoms with van der Waals surface area (Å²) < 4.78 is 15.9. The number of rotatable bonds is 4. The van der Waals surface area contributed by atoms with Gasteiger partial charge in [0.1, 0.15) is 5.75 Å². The van der Waals surface area contributed by atoms with E-state index in [4.69, 9.17) is 14.2 Å². The summed E-state index contributed by atoms with van der Waals surface area (Å²) in [6.45, 7) is 3.06. The van der Waals surface area contributed by atoms with Crippen molar-refractivity contribution in [3.8, 4) is 17.2 Å². The largest absolute Gasteiger partial charge is 0.454 e. The molecule has 26 heavy (non-hydrogen) atoms. The second kappa shape index (κ2) is 6.71. The molecule has 0 aliphatic carbocycles. The third kappa shape index (κ3) is 3.35. The lowest BCUT2D eigenvalue weighted by atomic mass is 10.1. The number of hydrogen-bond acceptors (Lipinski definition) is 5. The van der Waals surface area contributed by atoms with Crippen LogP contribution in [0.4, 0.5) is 0 Å². The Kier molecular flexibility index (Phi) is 4.24. The Bertz CT molecular complexity index is 846. The maximum Gasteiger partial charge on any atom is 0.316 e. The van der Waals surface area contributed by atoms with Crippen LogP contribution in [0.5, 0.6) is 17.2 Å². The zero-order valence-corrected chi connectivity index (χ0v) is 14.4. The van der Waals surface area contributed by atoms with Crippen molar-refractivity contribution in [2.75, 3.05) is 13.3 Å². The lowest BCUT2D eigenvalue weighted by Gasteiger charge is -2.16. The highest BCUT2D eigenvalue weighted by atomic mass is 16.7. The standard InChI is InChI=1S/C20H19NO5/c1-13-2-4-14(5-3-13)10-21-11-15(8-19(21)22)20(23)26-16-6-7-17-18(9-16)25-12-24-17/h2-7,9,15H,8,10-12H2,1H3/t15-/m0/s1. The van der Waals surface area contributed by atoms with Crippen LogP contribution in [0, 0.1) is 12.8 Å². The Morgan fingerprint density at radius 3 is 2.73 bits per heavy atom. The lowest BCUT2D eigenvalue weighted by molar-refractivity contribution is -0.139. The quantitative estimate of drug-likeness (QED) is 0.625. The van der Waals surface area contributed by atoms with Gasteiger partial charge in [-0.2, -0.15) is 0 Å². The number of amides is 1. The zero-order chi connectivity index (χ0) is 18.1. The molecule has 0 bridgehead atoms. The molecule has 4 rings (SSSR count). The van der Waals surface area contributed by atoms with Gasteiger partial charge in [-0.25, -0.2) is 0 Å². The Labute approximate surface area is 151 Å². The van der Waals surface area contributed by atoms with Gasteiger partial charge in [0.15, 0.2) is 11.5 Å². The van der Waals surface area contributed by atoms with E-state index in [1.54, 1.807) is 23.1 Å². The molecule has 2 heterocycles. The van der Waals surface area contributed by atoms with Gasteiger partial charge in [0.25, 0.3) is 0 Å². The highest BCUT2D eigenvalue weighted by molar-refractivity contribution is 5.87. The monoisotopic (exact) mass is 353 g/mol. The molecule has 0 spiro atoms. The predicted molar refractivity (Wildman–Crippen MR) is 92.9 cm³/mol. The molecule has 2 aromatic carbocycles. The van der Waals surface area contributed by atoms with E-state index in [9.17, 15) is 9.59 Å². The molecule has 6 nitrogen and oxygen atoms in total. The van der Waals surface area contributed by atoms with Gasteiger partial charge in [-0.3, -0.25) is 9.59 Å². The van der Waals surface area contributed by atoms with Gasteiger partial charge >= 0.3 is 5.97 Å². The summed E-state index contributed by atoms with van der Waals surface area (Å²) in [5.41, 5.74) is 2.22. The molecule has 2 aromatic rings. The van der Waals surface area contributed by atoms with Gasteiger partial charge < -0.3 is 19.1 Å². The van der Waals surface area contributed by atoms with Crippen molar-refractivity contribution in [2.24, 2.45) is 5.92 Å². The molecule has 0 aromatic heterocycles. The van der Waals surface area contributed by atoms with Crippen LogP contribution in [0.1, 0.15) is 17.5 Å². The fourth-order valence-corrected chi connectivity index (χ4v) is 3.14. The molecule has 1 saturated heterocycles. The highest BCUT2D eigenvalue weighted by Gasteiger charge is 2.35. The maximum absolute atomic E-state index is 12.4. The van der Waals surface area contributed by atoms with Crippen molar-refractivity contribution in [3.05, 3.63) is 53.6 Å². The van der Waals surface area contributed by atoms with Crippen molar-refractivity contribution < 1.29 is 23.8 Å². The van der Waals surface area contributed by atoms with Crippen LogP contribution < -0.4 is 14.2 Å². The van der Waals surface area contributed by atoms with E-state index >= 15 is 0 Å². The SMILES string of the molecule is Cc1ccc(CN2C[C@@H](C(=O)Oc3ccc4c(c3)OCO4)CC2=O)cc1. The molecule has 2 aliphatic heterocycles. The smallest absolute Gasteiger partial charge is 0.316 e. The van der Waals surface area contributed by atoms with Gasteiger partial charge in [-0.15, -0.1) is 0 Å². The van der Waals surface area contributed by atoms with Crippen LogP contribution in [-0.2, 0) is 16.1 Å². The molecule has 0 unspecified atom stereocenters. The minimum atomic E-state index is -0.460. The number of ether oxygens (including phenoxy) is 3. The second-order valence-electron chi connectivity index (χ2n) is 6.60. The van der Waals surface area contributed by atoms with Crippen molar-refractivity contribution in [1.29, 1.82) is 0 Å². The number of carbonyl (C=O) groups excluding carboxylic acids is 2. The molecule has 1 atom stereocenters. The van der Waals surface area contributed by atoms with Crippen molar-refractivity contribution in [3.63, 3.8) is 0 Å². The molecule has 134 valence electrons. The lowest BCUT2D eigenvalue weighted by Crippen LogP contribution is -2.27. The molecule has 1 fully saturated rings. The molecule has 0 N–H and O–H groups in total. The van der Waals surface area contributed by atoms with Gasteiger partial charge in [0, 0.05) is 25.6 Å². The summed E-state index contributed by atoms with van der Waals surface area (Å²) in [5, 5.41) is 0. The van der Waals surface area contributed by atoms with Crippen LogP contribution in [0.3, 0.4) is 0 Å². The van der Waals surface area contributed by atoms with Crippen molar-refractivity contribution >= 4 is 11.9 Å². The molecule has 0 saturated carbocycles. The molecular formula is C20H19NO5. The first-order chi connectivity index (χ1) is 12.6. The first kappa shape index (κ1) is 16.4. The molecule has 6 heteroatoms. The number of hydrogen-bond donors (Lipinski definition) is 0. The van der Waals surface area contributed by atoms with E-state index in [-0.39, 0.29) is 19.1 Å². The summed E-state index contributed by atoms with van der Waals surface area (Å²) in [5.74, 6) is 0.688. The fraction of sp³-hybridized carbons (Fsp3) is 0.300. The average Bonchev–Trinajstić information content (AvgIpc) is 3.23. The van der Waals surface area contributed by atoms with E-state index in [1.165, 1.54) is 5.56 Å². The second-order valence-corrected chi connectivity index (χ2v) is 6.60. The highest BCUT2D eigenvalue weighted by Crippen LogP contribution is 2.35. The van der Waals surface area contributed by atoms with Gasteiger partial charge in [0.05, 0.1) is 5.92 Å². The van der Waals surface area contributed by atoms with Crippen molar-refractivity contribution in [2.45, 2.75) is 19.9 Å². The third-order valence-corrected chi connectivity index (χ3v) is 4.60. The molecule has 0 radical (unpaired) electrons. The van der Waals surface area contributed by atoms with Crippen molar-refractivity contribution in [1.82, 2.24) is 4.90 Å². The normalized spacial score (nSPS) is 18.3. The zero-order valence-electron chi connectivity index (χ0n) is 14.4. The van der Waals surface area contributed by atoms with E-state index in [0.29, 0.717) is 30.3 Å². The number of carbonyl (C=O) groups is 2. The van der Waals surface area contributed by atoms with Crippen LogP contribution in [-0.4, -0.2) is 30.1 Å². The summed E-state index contributed by atoms with van der Waals surface area (Å²) in [6.07, 6.45) is 0.176. The van der Waals surface area contributed by atoms with Gasteiger partial charge in [0.2, 0.25) is 12.7 Å². The van der Waals surface area contributed by atoms with Gasteiger partial charge in [-0.05, 0) is 24.6 Å². The summed E-state index contributed by atoms with van der Waals surface area (Å²) >= 11 is 0. The molecular weight excluding hydrogens is 334 g/mol. The number of esters is 1. The first-order valence-corrected chi connectivity index (χ1v) is 8.53. The number of aryl methyl sites for hydroxylation is 1. The van der Waals surface area contributed by atoms with Crippen LogP contribution in [0.15, 0.2) is 42.5 Å². The minimum Gasteiger partial charge on any atom is -0.454 e. The fourth-order valence-electron chi connectivity index (χ4n) is 3.14. The van der Waals surface area contributed by atoms with E-state index in [1.807, 2.05) is 31.2 Å². The number of fused-ring (bicyclic) bond motifs is 1. The van der Waals surface area contributed by atoms with Crippen LogP contribution >= 0.6 is 0 Å². The number of nitrogens with zero attached hydrogens (tertiary/aromatic N) is 1. The van der Waals surface area contributed by atoms with E-state index < -0.39 is 11.9 Å². The summed E-state index contributed by atoms with van der Waals surface area (Å²) in [6, 6.07) is 13.0. The number of likely N-dealkylation sites (tertiary alicyclic amines) is 1. The van der Waals surface area contributed by atoms with E-state index in [0.717, 1.165) is 5.56 Å². The molecule has 2 aliphatic rings. The van der Waals surface area contributed by atoms with Crippen LogP contribution in [0.2, 0.25) is 0 Å². The average molecular weight is 353 g/mol. The number of benzene rings is 2. The first-order valence-electron chi connectivity index (χ1n) is 8.53. The minimum absolute atomic E-state index is 0.0294. The summed E-state index contributed by atoms with van der Waals surface area (Å²) in [7, 11) is 0. The maximum atomic E-state index is 12.4. The molecule has 1 amide bonds. The Hall–Kier alpha value is -3.02. The Balaban J connectivity index is 1.38. The van der Waals surface area contributed by atoms with Gasteiger partial charge in [-0.1, -0.05) is 29.8 Å². The van der Waals surface area contributed by atoms with E-state index in [2.05, 4.69) is 0 Å². The third-order valence-electron chi connectivity index (χ3n) is 4.60. The summed E-state index contributed by atoms with van der Waals surface area (Å²) in [4.78, 5) is 26.4. The predicted octanol–water partition coefficient (Wildman–Crippen LogP) is 2.68.